The SMILES string of the molecule is COc1ccc(C(C2=CC=CC2)(c2ccc(OC)cc2)C2C3C=CC=C(C)C3(C)C3(C)C4(C)C=CC=CC4(C)C4(C)C=CC=CC4(C)C23C)cc1. The van der Waals surface area contributed by atoms with Gasteiger partial charge in [0.2, 0.25) is 0 Å². The average molecular weight is 677 g/mol. The first kappa shape index (κ1) is 34.1. The summed E-state index contributed by atoms with van der Waals surface area (Å²) in [5.74, 6) is 2.13. The summed E-state index contributed by atoms with van der Waals surface area (Å²) in [4.78, 5) is 0. The van der Waals surface area contributed by atoms with Crippen LogP contribution in [0.5, 0.6) is 11.5 Å². The van der Waals surface area contributed by atoms with Crippen molar-refractivity contribution in [3.8, 4) is 11.5 Å². The zero-order chi connectivity index (χ0) is 36.3. The van der Waals surface area contributed by atoms with E-state index in [2.05, 4.69) is 189 Å². The van der Waals surface area contributed by atoms with Crippen molar-refractivity contribution in [1.82, 2.24) is 0 Å². The van der Waals surface area contributed by atoms with Crippen LogP contribution in [0.15, 0.2) is 145 Å². The molecule has 0 saturated heterocycles. The second kappa shape index (κ2) is 10.8. The van der Waals surface area contributed by atoms with E-state index in [1.807, 2.05) is 0 Å². The maximum absolute atomic E-state index is 5.80. The first-order chi connectivity index (χ1) is 24.2. The molecule has 0 radical (unpaired) electrons. The van der Waals surface area contributed by atoms with Gasteiger partial charge in [-0.25, -0.2) is 0 Å². The van der Waals surface area contributed by atoms with E-state index in [4.69, 9.17) is 9.47 Å². The van der Waals surface area contributed by atoms with Crippen molar-refractivity contribution >= 4 is 0 Å². The Bertz CT molecular complexity index is 1970. The maximum Gasteiger partial charge on any atom is 0.118 e. The van der Waals surface area contributed by atoms with Crippen LogP contribution in [-0.2, 0) is 5.41 Å². The van der Waals surface area contributed by atoms with Crippen molar-refractivity contribution < 1.29 is 9.47 Å². The highest BCUT2D eigenvalue weighted by Crippen LogP contribution is 2.92. The summed E-state index contributed by atoms with van der Waals surface area (Å²) in [6, 6.07) is 18.2. The second-order valence-corrected chi connectivity index (χ2v) is 17.6. The number of fused-ring (bicyclic) bond motifs is 8. The Labute approximate surface area is 307 Å². The molecule has 0 aromatic heterocycles. The molecule has 6 aliphatic carbocycles. The lowest BCUT2D eigenvalue weighted by molar-refractivity contribution is -0.275. The molecule has 2 aromatic rings. The van der Waals surface area contributed by atoms with Gasteiger partial charge in [0.05, 0.1) is 14.2 Å². The van der Waals surface area contributed by atoms with E-state index in [-0.39, 0.29) is 49.7 Å². The minimum atomic E-state index is -0.486. The Morgan fingerprint density at radius 1 is 0.588 bits per heavy atom. The largest absolute Gasteiger partial charge is 0.497 e. The lowest BCUT2D eigenvalue weighted by Crippen LogP contribution is -2.76. The standard InChI is InChI=1S/C49H56O2/c1-34-18-17-21-40-41(49(35-19-11-12-20-35,36-22-26-38(50-9)27-23-36)37-24-28-39(51-10)29-25-37)47(7)44(4)32-15-13-30-42(44,2)43(3)31-14-16-33-45(43,5)48(47,8)46(34,40)6/h11-19,21-33,40-41H,20H2,1-10H3. The molecule has 9 unspecified atom stereocenters. The van der Waals surface area contributed by atoms with Gasteiger partial charge >= 0.3 is 0 Å². The third kappa shape index (κ3) is 3.47. The van der Waals surface area contributed by atoms with Crippen molar-refractivity contribution in [3.05, 3.63) is 156 Å². The normalized spacial score (nSPS) is 41.4. The number of rotatable bonds is 6. The molecule has 2 aromatic carbocycles. The Hall–Kier alpha value is -4.04. The molecular weight excluding hydrogens is 621 g/mol. The number of hydrogen-bond donors (Lipinski definition) is 0. The van der Waals surface area contributed by atoms with Crippen molar-refractivity contribution in [3.63, 3.8) is 0 Å². The van der Waals surface area contributed by atoms with Gasteiger partial charge < -0.3 is 9.47 Å². The minimum Gasteiger partial charge on any atom is -0.497 e. The summed E-state index contributed by atoms with van der Waals surface area (Å²) in [6.07, 6.45) is 35.2. The molecule has 51 heavy (non-hydrogen) atoms. The molecule has 2 saturated carbocycles. The van der Waals surface area contributed by atoms with Crippen LogP contribution < -0.4 is 9.47 Å². The van der Waals surface area contributed by atoms with Gasteiger partial charge in [0.15, 0.2) is 0 Å². The van der Waals surface area contributed by atoms with E-state index in [1.165, 1.54) is 22.3 Å². The van der Waals surface area contributed by atoms with Crippen molar-refractivity contribution in [2.75, 3.05) is 14.2 Å². The van der Waals surface area contributed by atoms with Gasteiger partial charge in [-0.3, -0.25) is 0 Å². The van der Waals surface area contributed by atoms with Crippen molar-refractivity contribution in [2.45, 2.75) is 67.2 Å². The fourth-order valence-electron chi connectivity index (χ4n) is 14.0. The summed E-state index contributed by atoms with van der Waals surface area (Å²) in [6.45, 7) is 20.9. The highest BCUT2D eigenvalue weighted by Gasteiger charge is 2.88. The summed E-state index contributed by atoms with van der Waals surface area (Å²) >= 11 is 0. The zero-order valence-electron chi connectivity index (χ0n) is 32.4. The number of methoxy groups -OCH3 is 2. The van der Waals surface area contributed by atoms with Crippen LogP contribution in [0.25, 0.3) is 0 Å². The second-order valence-electron chi connectivity index (χ2n) is 17.6. The number of benzene rings is 2. The fraction of sp³-hybridized carbons (Fsp3) is 0.429. The molecule has 6 aliphatic rings. The number of hydrogen-bond acceptors (Lipinski definition) is 2. The molecule has 264 valence electrons. The number of allylic oxidation sites excluding steroid dienone is 16. The molecule has 2 heteroatoms. The summed E-state index contributed by atoms with van der Waals surface area (Å²) in [5.41, 5.74) is 3.61. The van der Waals surface area contributed by atoms with Crippen molar-refractivity contribution in [2.24, 2.45) is 49.7 Å². The van der Waals surface area contributed by atoms with E-state index in [1.54, 1.807) is 14.2 Å². The van der Waals surface area contributed by atoms with E-state index in [9.17, 15) is 0 Å². The molecule has 0 amide bonds. The van der Waals surface area contributed by atoms with Crippen LogP contribution >= 0.6 is 0 Å². The van der Waals surface area contributed by atoms with Gasteiger partial charge in [-0.1, -0.05) is 169 Å². The van der Waals surface area contributed by atoms with Crippen molar-refractivity contribution in [1.29, 1.82) is 0 Å². The molecular formula is C49H56O2. The predicted molar refractivity (Wildman–Crippen MR) is 212 cm³/mol. The molecule has 0 N–H and O–H groups in total. The first-order valence-electron chi connectivity index (χ1n) is 19.0. The quantitative estimate of drug-likeness (QED) is 0.303. The van der Waals surface area contributed by atoms with E-state index in [0.29, 0.717) is 0 Å². The van der Waals surface area contributed by atoms with Gasteiger partial charge in [0.25, 0.3) is 0 Å². The van der Waals surface area contributed by atoms with Crippen LogP contribution in [0.1, 0.15) is 72.9 Å². The van der Waals surface area contributed by atoms with Crippen LogP contribution in [0.4, 0.5) is 0 Å². The van der Waals surface area contributed by atoms with Crippen LogP contribution in [0.2, 0.25) is 0 Å². The maximum atomic E-state index is 5.80. The van der Waals surface area contributed by atoms with E-state index >= 15 is 0 Å². The van der Waals surface area contributed by atoms with Gasteiger partial charge in [-0.05, 0) is 71.4 Å². The summed E-state index contributed by atoms with van der Waals surface area (Å²) in [5, 5.41) is 0. The molecule has 8 rings (SSSR count). The van der Waals surface area contributed by atoms with Gasteiger partial charge in [-0.2, -0.15) is 0 Å². The zero-order valence-corrected chi connectivity index (χ0v) is 32.4. The van der Waals surface area contributed by atoms with Gasteiger partial charge in [-0.15, -0.1) is 0 Å². The fourth-order valence-corrected chi connectivity index (χ4v) is 14.0. The Balaban J connectivity index is 1.59. The third-order valence-electron chi connectivity index (χ3n) is 17.3. The lowest BCUT2D eigenvalue weighted by atomic mass is 9.22. The Morgan fingerprint density at radius 3 is 1.57 bits per heavy atom. The van der Waals surface area contributed by atoms with E-state index < -0.39 is 5.41 Å². The summed E-state index contributed by atoms with van der Waals surface area (Å²) in [7, 11) is 3.53. The van der Waals surface area contributed by atoms with Crippen LogP contribution in [0, 0.1) is 49.7 Å². The smallest absolute Gasteiger partial charge is 0.118 e. The molecule has 0 heterocycles. The Kier molecular flexibility index (Phi) is 7.18. The number of ether oxygens (including phenoxy) is 2. The molecule has 9 atom stereocenters. The lowest BCUT2D eigenvalue weighted by Gasteiger charge is -2.80. The Morgan fingerprint density at radius 2 is 1.08 bits per heavy atom. The monoisotopic (exact) mass is 676 g/mol. The first-order valence-corrected chi connectivity index (χ1v) is 19.0. The van der Waals surface area contributed by atoms with Gasteiger partial charge in [0.1, 0.15) is 11.5 Å². The minimum absolute atomic E-state index is 0.147. The highest BCUT2D eigenvalue weighted by molar-refractivity contribution is 5.60. The highest BCUT2D eigenvalue weighted by atomic mass is 16.5. The predicted octanol–water partition coefficient (Wildman–Crippen LogP) is 11.9. The third-order valence-corrected chi connectivity index (χ3v) is 17.3. The van der Waals surface area contributed by atoms with Crippen LogP contribution in [-0.4, -0.2) is 14.2 Å². The summed E-state index contributed by atoms with van der Waals surface area (Å²) < 4.78 is 11.6. The molecule has 0 aliphatic heterocycles. The van der Waals surface area contributed by atoms with Crippen LogP contribution in [0.3, 0.4) is 0 Å². The topological polar surface area (TPSA) is 18.5 Å². The average Bonchev–Trinajstić information content (AvgIpc) is 3.74. The van der Waals surface area contributed by atoms with E-state index in [0.717, 1.165) is 17.9 Å². The molecule has 0 spiro atoms. The molecule has 2 fully saturated rings. The molecule has 2 nitrogen and oxygen atoms in total. The van der Waals surface area contributed by atoms with Gasteiger partial charge in [0, 0.05) is 32.5 Å². The molecule has 0 bridgehead atoms.